The Morgan fingerprint density at radius 1 is 0.626 bits per heavy atom. The van der Waals surface area contributed by atoms with Gasteiger partial charge in [-0.05, 0) is 85.9 Å². The number of nitrogens with zero attached hydrogens (tertiary/aromatic N) is 6. The molecule has 91 heavy (non-hydrogen) atoms. The van der Waals surface area contributed by atoms with Gasteiger partial charge in [-0.1, -0.05) is 70.9 Å². The molecule has 0 unspecified atom stereocenters. The normalized spacial score (nSPS) is 13.2. The van der Waals surface area contributed by atoms with Gasteiger partial charge in [-0.3, -0.25) is 24.0 Å². The van der Waals surface area contributed by atoms with Crippen LogP contribution in [-0.4, -0.2) is 197 Å². The number of hydrogen-bond acceptors (Lipinski definition) is 17. The number of benzene rings is 4. The van der Waals surface area contributed by atoms with Crippen LogP contribution in [0.15, 0.2) is 91.1 Å². The van der Waals surface area contributed by atoms with E-state index in [1.54, 1.807) is 45.9 Å². The van der Waals surface area contributed by atoms with Gasteiger partial charge in [-0.25, -0.2) is 18.3 Å². The summed E-state index contributed by atoms with van der Waals surface area (Å²) in [4.78, 5) is 57.8. The highest BCUT2D eigenvalue weighted by molar-refractivity contribution is 6.36. The van der Waals surface area contributed by atoms with Crippen molar-refractivity contribution in [3.05, 3.63) is 141 Å². The molecule has 28 heteroatoms. The van der Waals surface area contributed by atoms with Gasteiger partial charge in [0.25, 0.3) is 0 Å². The summed E-state index contributed by atoms with van der Waals surface area (Å²) in [6.07, 6.45) is 3.91. The molecule has 7 rings (SSSR count). The van der Waals surface area contributed by atoms with Crippen LogP contribution in [-0.2, 0) is 91.3 Å². The lowest BCUT2D eigenvalue weighted by atomic mass is 10.0. The molecule has 2 aromatic heterocycles. The summed E-state index contributed by atoms with van der Waals surface area (Å²) >= 11 is 13.2. The van der Waals surface area contributed by atoms with E-state index >= 15 is 0 Å². The summed E-state index contributed by atoms with van der Waals surface area (Å²) in [7, 11) is 0. The van der Waals surface area contributed by atoms with E-state index in [-0.39, 0.29) is 56.8 Å². The van der Waals surface area contributed by atoms with E-state index in [1.807, 2.05) is 36.4 Å². The van der Waals surface area contributed by atoms with Gasteiger partial charge in [0.15, 0.2) is 11.6 Å². The molecule has 1 aliphatic rings. The average molecular weight is 1310 g/mol. The van der Waals surface area contributed by atoms with E-state index in [0.29, 0.717) is 158 Å². The van der Waals surface area contributed by atoms with Gasteiger partial charge < -0.3 is 70.2 Å². The van der Waals surface area contributed by atoms with Gasteiger partial charge in [0.05, 0.1) is 136 Å². The Hall–Kier alpha value is -6.79. The number of carbonyl (C=O) groups excluding carboxylic acids is 4. The number of urea groups is 1. The molecule has 1 fully saturated rings. The summed E-state index contributed by atoms with van der Waals surface area (Å²) in [6.45, 7) is 11.0. The molecule has 4 aromatic carbocycles. The van der Waals surface area contributed by atoms with Crippen molar-refractivity contribution in [1.82, 2.24) is 50.9 Å². The second kappa shape index (κ2) is 40.9. The number of aryl methyl sites for hydroxylation is 1. The van der Waals surface area contributed by atoms with Crippen LogP contribution in [0.1, 0.15) is 53.8 Å². The molecule has 2 atom stereocenters. The number of aromatic nitrogens is 5. The number of likely N-dealkylation sites (tertiary alicyclic amines) is 1. The largest absolute Gasteiger partial charge is 0.378 e. The van der Waals surface area contributed by atoms with E-state index in [1.165, 1.54) is 6.07 Å². The van der Waals surface area contributed by atoms with Gasteiger partial charge >= 0.3 is 6.03 Å². The number of carbonyl (C=O) groups is 4. The molecule has 0 aliphatic carbocycles. The Kier molecular flexibility index (Phi) is 32.2. The minimum absolute atomic E-state index is 0.0255. The first-order chi connectivity index (χ1) is 44.4. The number of amides is 5. The Morgan fingerprint density at radius 2 is 1.24 bits per heavy atom. The lowest BCUT2D eigenvalue weighted by Crippen LogP contribution is -2.55. The predicted molar refractivity (Wildman–Crippen MR) is 338 cm³/mol. The minimum Gasteiger partial charge on any atom is -0.378 e. The second-order valence-corrected chi connectivity index (χ2v) is 22.0. The SMILES string of the molecule is NCCOCCOCCOCCOCCOCCOCCOCCOCCn1cc(CCC(=O)NCC[C@H](NC(=O)[C@H](Cc2ccc(F)c(F)c2)NC(=O)Nc2ccc3c(CN4CCCC4)nn(Cc4c(Cl)cccc4Cl)c3c2)C(=O)NCc2ccccc2)nn1. The van der Waals surface area contributed by atoms with Crippen LogP contribution in [0.25, 0.3) is 10.9 Å². The number of rotatable bonds is 45. The van der Waals surface area contributed by atoms with Gasteiger partial charge in [0, 0.05) is 78.3 Å². The van der Waals surface area contributed by atoms with Crippen molar-refractivity contribution in [3.63, 3.8) is 0 Å². The summed E-state index contributed by atoms with van der Waals surface area (Å²) in [5, 5.41) is 29.0. The maximum atomic E-state index is 14.6. The molecule has 3 heterocycles. The average Bonchev–Trinajstić information content (AvgIpc) is 1.80. The molecule has 1 saturated heterocycles. The summed E-state index contributed by atoms with van der Waals surface area (Å²) in [5.74, 6) is -3.95. The van der Waals surface area contributed by atoms with Crippen molar-refractivity contribution < 1.29 is 65.9 Å². The fraction of sp³-hybridized carbons (Fsp3) is 0.508. The summed E-state index contributed by atoms with van der Waals surface area (Å²) in [6, 6.07) is 19.5. The standard InChI is InChI=1S/C63H84Cl2F2N12O12/c64-52-9-6-10-53(65)51(52)44-79-59-41-48(12-14-50(59)58(75-79)45-77-20-4-5-21-77)71-63(83)73-57(40-47-11-15-54(66)55(67)39-47)62(82)72-56(61(81)70-42-46-7-2-1-3-8-46)17-19-69-60(80)16-13-49-43-78(76-74-49)22-24-85-26-28-87-30-32-89-34-36-91-38-37-90-35-33-88-31-29-86-27-25-84-23-18-68/h1-3,6-12,14-15,39,41,43,56-57H,4-5,13,16-38,40,42,44-45,68H2,(H,69,80)(H,70,81)(H,72,82)(H2,71,73,83)/t56-,57-/m0/s1. The fourth-order valence-electron chi connectivity index (χ4n) is 9.56. The summed E-state index contributed by atoms with van der Waals surface area (Å²) < 4.78 is 76.1. The van der Waals surface area contributed by atoms with E-state index < -0.39 is 41.6 Å². The molecule has 496 valence electrons. The van der Waals surface area contributed by atoms with Crippen LogP contribution in [0, 0.1) is 11.6 Å². The van der Waals surface area contributed by atoms with Crippen LogP contribution in [0.3, 0.4) is 0 Å². The third kappa shape index (κ3) is 26.4. The zero-order valence-electron chi connectivity index (χ0n) is 51.2. The van der Waals surface area contributed by atoms with Crippen molar-refractivity contribution in [1.29, 1.82) is 0 Å². The molecule has 7 N–H and O–H groups in total. The van der Waals surface area contributed by atoms with Gasteiger partial charge in [-0.15, -0.1) is 5.10 Å². The third-order valence-electron chi connectivity index (χ3n) is 14.3. The Balaban J connectivity index is 0.832. The van der Waals surface area contributed by atoms with E-state index in [2.05, 4.69) is 41.8 Å². The first-order valence-corrected chi connectivity index (χ1v) is 31.4. The number of nitrogens with two attached hydrogens (primary N) is 1. The number of nitrogens with one attached hydrogen (secondary N) is 5. The van der Waals surface area contributed by atoms with E-state index in [0.717, 1.165) is 54.7 Å². The molecule has 5 amide bonds. The zero-order valence-corrected chi connectivity index (χ0v) is 52.7. The first-order valence-electron chi connectivity index (χ1n) is 30.7. The molecule has 0 bridgehead atoms. The van der Waals surface area contributed by atoms with Crippen LogP contribution in [0.5, 0.6) is 0 Å². The Morgan fingerprint density at radius 3 is 1.86 bits per heavy atom. The third-order valence-corrected chi connectivity index (χ3v) is 15.0. The molecule has 0 saturated carbocycles. The monoisotopic (exact) mass is 1310 g/mol. The molecular weight excluding hydrogens is 1230 g/mol. The molecule has 24 nitrogen and oxygen atoms in total. The fourth-order valence-corrected chi connectivity index (χ4v) is 10.1. The molecule has 0 radical (unpaired) electrons. The number of anilines is 1. The summed E-state index contributed by atoms with van der Waals surface area (Å²) in [5.41, 5.74) is 9.49. The van der Waals surface area contributed by atoms with E-state index in [4.69, 9.17) is 71.9 Å². The topological polar surface area (TPSA) is 280 Å². The zero-order chi connectivity index (χ0) is 64.3. The lowest BCUT2D eigenvalue weighted by molar-refractivity contribution is -0.130. The van der Waals surface area contributed by atoms with Gasteiger partial charge in [0.2, 0.25) is 17.7 Å². The number of ether oxygens (including phenoxy) is 8. The molecule has 6 aromatic rings. The quantitative estimate of drug-likeness (QED) is 0.0253. The Bertz CT molecular complexity index is 3130. The van der Waals surface area contributed by atoms with Crippen molar-refractivity contribution in [2.75, 3.05) is 137 Å². The van der Waals surface area contributed by atoms with Crippen LogP contribution < -0.4 is 32.3 Å². The highest BCUT2D eigenvalue weighted by atomic mass is 35.5. The highest BCUT2D eigenvalue weighted by Crippen LogP contribution is 2.30. The predicted octanol–water partition coefficient (Wildman–Crippen LogP) is 5.62. The maximum absolute atomic E-state index is 14.6. The van der Waals surface area contributed by atoms with Crippen molar-refractivity contribution >= 4 is 63.5 Å². The van der Waals surface area contributed by atoms with Gasteiger partial charge in [-0.2, -0.15) is 5.10 Å². The molecular formula is C63H84Cl2F2N12O12. The van der Waals surface area contributed by atoms with Gasteiger partial charge in [0.1, 0.15) is 12.1 Å². The van der Waals surface area contributed by atoms with Crippen molar-refractivity contribution in [2.24, 2.45) is 5.73 Å². The maximum Gasteiger partial charge on any atom is 0.319 e. The second-order valence-electron chi connectivity index (χ2n) is 21.2. The van der Waals surface area contributed by atoms with Crippen LogP contribution in [0.4, 0.5) is 19.3 Å². The van der Waals surface area contributed by atoms with Crippen LogP contribution in [0.2, 0.25) is 10.0 Å². The highest BCUT2D eigenvalue weighted by Gasteiger charge is 2.28. The minimum atomic E-state index is -1.41. The number of hydrogen-bond donors (Lipinski definition) is 6. The molecule has 1 aliphatic heterocycles. The molecule has 0 spiro atoms. The number of fused-ring (bicyclic) bond motifs is 1. The Labute approximate surface area is 538 Å². The lowest BCUT2D eigenvalue weighted by Gasteiger charge is -2.24. The number of halogens is 4. The van der Waals surface area contributed by atoms with Crippen molar-refractivity contribution in [3.8, 4) is 0 Å². The van der Waals surface area contributed by atoms with Crippen molar-refractivity contribution in [2.45, 2.75) is 76.8 Å². The smallest absolute Gasteiger partial charge is 0.319 e. The van der Waals surface area contributed by atoms with Crippen LogP contribution >= 0.6 is 23.2 Å². The van der Waals surface area contributed by atoms with E-state index in [9.17, 15) is 28.0 Å². The first kappa shape index (κ1) is 71.6.